The third-order valence-corrected chi connectivity index (χ3v) is 3.38. The molecule has 22 heavy (non-hydrogen) atoms. The fourth-order valence-electron chi connectivity index (χ4n) is 1.64. The van der Waals surface area contributed by atoms with Crippen molar-refractivity contribution in [1.82, 2.24) is 0 Å². The number of carbonyl (C=O) groups excluding carboxylic acids is 1. The summed E-state index contributed by atoms with van der Waals surface area (Å²) in [5, 5.41) is 0.646. The number of nitrogens with zero attached hydrogens (tertiary/aromatic N) is 1. The van der Waals surface area contributed by atoms with Crippen molar-refractivity contribution in [3.8, 4) is 0 Å². The normalized spacial score (nSPS) is 14.2. The highest BCUT2D eigenvalue weighted by Crippen LogP contribution is 2.23. The van der Waals surface area contributed by atoms with Crippen LogP contribution in [-0.2, 0) is 9.53 Å². The average molecular weight is 323 g/mol. The van der Waals surface area contributed by atoms with Crippen LogP contribution in [0.3, 0.4) is 0 Å². The Kier molecular flexibility index (Phi) is 6.18. The third kappa shape index (κ3) is 5.53. The van der Waals surface area contributed by atoms with Crippen molar-refractivity contribution in [2.24, 2.45) is 16.6 Å². The van der Waals surface area contributed by atoms with Gasteiger partial charge < -0.3 is 10.5 Å². The van der Waals surface area contributed by atoms with E-state index in [0.717, 1.165) is 5.56 Å². The molecular formula is C17H23ClN2O2. The fraction of sp³-hybridized carbons (Fsp3) is 0.412. The van der Waals surface area contributed by atoms with Gasteiger partial charge in [0.15, 0.2) is 0 Å². The van der Waals surface area contributed by atoms with E-state index in [1.165, 1.54) is 6.20 Å². The van der Waals surface area contributed by atoms with Gasteiger partial charge in [0.25, 0.3) is 0 Å². The maximum absolute atomic E-state index is 12.1. The summed E-state index contributed by atoms with van der Waals surface area (Å²) < 4.78 is 5.35. The average Bonchev–Trinajstić information content (AvgIpc) is 2.41. The minimum atomic E-state index is -0.535. The molecule has 5 heteroatoms. The minimum absolute atomic E-state index is 0.336. The molecule has 0 saturated carbocycles. The number of aliphatic imine (C=N–C) groups is 1. The monoisotopic (exact) mass is 322 g/mol. The Hall–Kier alpha value is -1.81. The van der Waals surface area contributed by atoms with E-state index >= 15 is 0 Å². The van der Waals surface area contributed by atoms with E-state index in [2.05, 4.69) is 4.99 Å². The number of benzene rings is 1. The standard InChI is InChI=1S/C17H23ClN2O2/c1-11-6-7-14(8-15(11)18)20-10-13(9-19)12(2)16(21)22-17(3,4)5/h6-10,12H,19H2,1-5H3/b13-9+,20-10?. The van der Waals surface area contributed by atoms with E-state index in [-0.39, 0.29) is 5.97 Å². The number of hydrogen-bond acceptors (Lipinski definition) is 4. The zero-order chi connectivity index (χ0) is 16.9. The molecule has 120 valence electrons. The lowest BCUT2D eigenvalue weighted by molar-refractivity contribution is -0.157. The Morgan fingerprint density at radius 3 is 2.55 bits per heavy atom. The van der Waals surface area contributed by atoms with Gasteiger partial charge in [-0.25, -0.2) is 0 Å². The van der Waals surface area contributed by atoms with Crippen molar-refractivity contribution in [3.05, 3.63) is 40.6 Å². The molecule has 0 aromatic heterocycles. The molecule has 0 amide bonds. The molecule has 1 atom stereocenters. The van der Waals surface area contributed by atoms with Gasteiger partial charge in [0.1, 0.15) is 5.60 Å². The number of carbonyl (C=O) groups is 1. The van der Waals surface area contributed by atoms with Gasteiger partial charge in [0, 0.05) is 11.2 Å². The highest BCUT2D eigenvalue weighted by Gasteiger charge is 2.23. The van der Waals surface area contributed by atoms with E-state index in [1.54, 1.807) is 19.2 Å². The van der Waals surface area contributed by atoms with E-state index < -0.39 is 11.5 Å². The van der Waals surface area contributed by atoms with Crippen LogP contribution in [0.25, 0.3) is 0 Å². The van der Waals surface area contributed by atoms with Crippen molar-refractivity contribution < 1.29 is 9.53 Å². The molecule has 1 rings (SSSR count). The van der Waals surface area contributed by atoms with Crippen LogP contribution in [0.15, 0.2) is 35.0 Å². The highest BCUT2D eigenvalue weighted by atomic mass is 35.5. The van der Waals surface area contributed by atoms with Gasteiger partial charge in [-0.15, -0.1) is 0 Å². The molecule has 0 aliphatic rings. The third-order valence-electron chi connectivity index (χ3n) is 2.97. The van der Waals surface area contributed by atoms with Crippen molar-refractivity contribution >= 4 is 29.5 Å². The van der Waals surface area contributed by atoms with E-state index in [9.17, 15) is 4.79 Å². The summed E-state index contributed by atoms with van der Waals surface area (Å²) in [7, 11) is 0. The summed E-state index contributed by atoms with van der Waals surface area (Å²) in [6.07, 6.45) is 2.93. The van der Waals surface area contributed by atoms with E-state index in [0.29, 0.717) is 16.3 Å². The summed E-state index contributed by atoms with van der Waals surface area (Å²) in [5.41, 5.74) is 7.34. The molecule has 0 spiro atoms. The Balaban J connectivity index is 2.86. The number of esters is 1. The summed E-state index contributed by atoms with van der Waals surface area (Å²) in [5.74, 6) is -0.827. The smallest absolute Gasteiger partial charge is 0.313 e. The molecule has 0 aliphatic heterocycles. The first-order valence-electron chi connectivity index (χ1n) is 7.09. The first-order chi connectivity index (χ1) is 10.1. The molecule has 1 aromatic carbocycles. The predicted molar refractivity (Wildman–Crippen MR) is 91.6 cm³/mol. The zero-order valence-electron chi connectivity index (χ0n) is 13.7. The Morgan fingerprint density at radius 2 is 2.05 bits per heavy atom. The molecule has 2 N–H and O–H groups in total. The lowest BCUT2D eigenvalue weighted by Crippen LogP contribution is -2.28. The van der Waals surface area contributed by atoms with Crippen LogP contribution < -0.4 is 5.73 Å². The van der Waals surface area contributed by atoms with Gasteiger partial charge in [-0.05, 0) is 64.1 Å². The lowest BCUT2D eigenvalue weighted by atomic mass is 10.0. The van der Waals surface area contributed by atoms with Crippen LogP contribution in [0.4, 0.5) is 5.69 Å². The molecule has 4 nitrogen and oxygen atoms in total. The topological polar surface area (TPSA) is 64.7 Å². The molecule has 0 saturated heterocycles. The van der Waals surface area contributed by atoms with Crippen LogP contribution in [0.2, 0.25) is 5.02 Å². The second kappa shape index (κ2) is 7.45. The number of hydrogen-bond donors (Lipinski definition) is 1. The van der Waals surface area contributed by atoms with Gasteiger partial charge in [-0.2, -0.15) is 0 Å². The molecule has 0 bridgehead atoms. The molecule has 0 aliphatic carbocycles. The van der Waals surface area contributed by atoms with E-state index in [1.807, 2.05) is 39.8 Å². The van der Waals surface area contributed by atoms with Gasteiger partial charge in [-0.1, -0.05) is 17.7 Å². The molecule has 0 radical (unpaired) electrons. The van der Waals surface area contributed by atoms with Gasteiger partial charge in [-0.3, -0.25) is 9.79 Å². The Labute approximate surface area is 137 Å². The zero-order valence-corrected chi connectivity index (χ0v) is 14.4. The number of rotatable bonds is 4. The number of ether oxygens (including phenoxy) is 1. The summed E-state index contributed by atoms with van der Waals surface area (Å²) in [4.78, 5) is 16.4. The second-order valence-corrected chi connectivity index (χ2v) is 6.52. The molecule has 1 unspecified atom stereocenters. The molecule has 0 fully saturated rings. The van der Waals surface area contributed by atoms with Crippen LogP contribution in [0.1, 0.15) is 33.3 Å². The van der Waals surface area contributed by atoms with Crippen molar-refractivity contribution in [3.63, 3.8) is 0 Å². The Bertz CT molecular complexity index is 601. The summed E-state index contributed by atoms with van der Waals surface area (Å²) in [6, 6.07) is 5.50. The Morgan fingerprint density at radius 1 is 1.41 bits per heavy atom. The van der Waals surface area contributed by atoms with Crippen LogP contribution >= 0.6 is 11.6 Å². The number of halogens is 1. The predicted octanol–water partition coefficient (Wildman–Crippen LogP) is 4.17. The maximum Gasteiger partial charge on any atom is 0.313 e. The molecule has 1 aromatic rings. The van der Waals surface area contributed by atoms with Crippen molar-refractivity contribution in [2.75, 3.05) is 0 Å². The quantitative estimate of drug-likeness (QED) is 0.668. The first-order valence-corrected chi connectivity index (χ1v) is 7.46. The maximum atomic E-state index is 12.1. The van der Waals surface area contributed by atoms with Gasteiger partial charge in [0.2, 0.25) is 0 Å². The first kappa shape index (κ1) is 18.2. The molecule has 0 heterocycles. The largest absolute Gasteiger partial charge is 0.460 e. The SMILES string of the molecule is Cc1ccc(N=C/C(=C\N)C(C)C(=O)OC(C)(C)C)cc1Cl. The van der Waals surface area contributed by atoms with E-state index in [4.69, 9.17) is 22.1 Å². The van der Waals surface area contributed by atoms with Crippen LogP contribution in [0.5, 0.6) is 0 Å². The fourth-order valence-corrected chi connectivity index (χ4v) is 1.81. The minimum Gasteiger partial charge on any atom is -0.460 e. The van der Waals surface area contributed by atoms with Crippen LogP contribution in [-0.4, -0.2) is 17.8 Å². The molecular weight excluding hydrogens is 300 g/mol. The van der Waals surface area contributed by atoms with Crippen LogP contribution in [0, 0.1) is 12.8 Å². The van der Waals surface area contributed by atoms with Crippen molar-refractivity contribution in [1.29, 1.82) is 0 Å². The lowest BCUT2D eigenvalue weighted by Gasteiger charge is -2.22. The number of nitrogens with two attached hydrogens (primary N) is 1. The second-order valence-electron chi connectivity index (χ2n) is 6.11. The summed E-state index contributed by atoms with van der Waals surface area (Å²) in [6.45, 7) is 9.13. The van der Waals surface area contributed by atoms with Gasteiger partial charge >= 0.3 is 5.97 Å². The number of aryl methyl sites for hydroxylation is 1. The highest BCUT2D eigenvalue weighted by molar-refractivity contribution is 6.31. The van der Waals surface area contributed by atoms with Crippen molar-refractivity contribution in [2.45, 2.75) is 40.2 Å². The summed E-state index contributed by atoms with van der Waals surface area (Å²) >= 11 is 6.06. The van der Waals surface area contributed by atoms with Gasteiger partial charge in [0.05, 0.1) is 11.6 Å².